The predicted octanol–water partition coefficient (Wildman–Crippen LogP) is 1.54. The molecule has 0 radical (unpaired) electrons. The maximum absolute atomic E-state index is 11.0. The van der Waals surface area contributed by atoms with Crippen LogP contribution in [0, 0.1) is 27.4 Å². The van der Waals surface area contributed by atoms with Crippen LogP contribution in [-0.4, -0.2) is 21.6 Å². The maximum Gasteiger partial charge on any atom is 0.438 e. The molecule has 0 unspecified atom stereocenters. The fourth-order valence-electron chi connectivity index (χ4n) is 3.90. The Morgan fingerprint density at radius 2 is 2.45 bits per heavy atom. The number of rotatable bonds is 5. The van der Waals surface area contributed by atoms with Crippen LogP contribution in [0.2, 0.25) is 0 Å². The number of aromatic amines is 1. The van der Waals surface area contributed by atoms with E-state index in [9.17, 15) is 14.9 Å². The van der Waals surface area contributed by atoms with Crippen molar-refractivity contribution < 1.29 is 9.45 Å². The molecule has 3 atom stereocenters. The maximum atomic E-state index is 11.0. The van der Waals surface area contributed by atoms with E-state index in [2.05, 4.69) is 27.7 Å². The molecule has 2 aliphatic rings. The molecule has 108 valence electrons. The number of nitrogens with zero attached hydrogens (tertiary/aromatic N) is 2. The van der Waals surface area contributed by atoms with E-state index in [-0.39, 0.29) is 17.4 Å². The number of hydrogen-bond donors (Lipinski definition) is 1. The average Bonchev–Trinajstić information content (AvgIpc) is 2.92. The van der Waals surface area contributed by atoms with Crippen LogP contribution in [0.3, 0.4) is 0 Å². The molecule has 0 amide bonds. The first-order chi connectivity index (χ1) is 9.52. The van der Waals surface area contributed by atoms with E-state index in [0.717, 1.165) is 19.3 Å². The van der Waals surface area contributed by atoms with Gasteiger partial charge in [-0.3, -0.25) is 19.6 Å². The van der Waals surface area contributed by atoms with Gasteiger partial charge in [-0.1, -0.05) is 23.7 Å². The Labute approximate surface area is 115 Å². The van der Waals surface area contributed by atoms with Crippen molar-refractivity contribution in [3.63, 3.8) is 0 Å². The van der Waals surface area contributed by atoms with Gasteiger partial charge in [0.15, 0.2) is 5.82 Å². The lowest BCUT2D eigenvalue weighted by Gasteiger charge is -2.49. The van der Waals surface area contributed by atoms with E-state index < -0.39 is 11.2 Å². The molecule has 1 fully saturated rings. The monoisotopic (exact) mass is 279 g/mol. The smallest absolute Gasteiger partial charge is 0.296 e. The van der Waals surface area contributed by atoms with E-state index >= 15 is 0 Å². The normalized spacial score (nSPS) is 31.6. The molecule has 0 saturated heterocycles. The van der Waals surface area contributed by atoms with Gasteiger partial charge in [-0.05, 0) is 31.1 Å². The van der Waals surface area contributed by atoms with Gasteiger partial charge < -0.3 is 0 Å². The molecular weight excluding hydrogens is 262 g/mol. The number of aromatic nitrogens is 2. The highest BCUT2D eigenvalue weighted by atomic mass is 16.6. The van der Waals surface area contributed by atoms with Gasteiger partial charge in [0.2, 0.25) is 6.54 Å². The highest BCUT2D eigenvalue weighted by molar-refractivity contribution is 5.24. The molecule has 7 nitrogen and oxygen atoms in total. The molecule has 1 aromatic rings. The van der Waals surface area contributed by atoms with E-state index in [0.29, 0.717) is 18.2 Å². The Kier molecular flexibility index (Phi) is 2.99. The summed E-state index contributed by atoms with van der Waals surface area (Å²) in [7, 11) is 0. The zero-order valence-electron chi connectivity index (χ0n) is 11.3. The molecular formula is C13H17N3O4. The second-order valence-electron chi connectivity index (χ2n) is 5.94. The van der Waals surface area contributed by atoms with Crippen LogP contribution < -0.4 is 5.76 Å². The molecule has 3 rings (SSSR count). The summed E-state index contributed by atoms with van der Waals surface area (Å²) in [6.07, 6.45) is 5.47. The number of H-pyrrole nitrogens is 1. The predicted molar refractivity (Wildman–Crippen MR) is 69.7 cm³/mol. The minimum absolute atomic E-state index is 0.0868. The Morgan fingerprint density at radius 3 is 3.05 bits per heavy atom. The van der Waals surface area contributed by atoms with Gasteiger partial charge in [-0.25, -0.2) is 4.79 Å². The number of allylic oxidation sites excluding steroid dienone is 2. The van der Waals surface area contributed by atoms with Crippen molar-refractivity contribution in [2.45, 2.75) is 32.6 Å². The summed E-state index contributed by atoms with van der Waals surface area (Å²) in [5, 5.41) is 14.7. The van der Waals surface area contributed by atoms with Gasteiger partial charge in [0.05, 0.1) is 0 Å². The van der Waals surface area contributed by atoms with Gasteiger partial charge >= 0.3 is 5.76 Å². The van der Waals surface area contributed by atoms with Crippen LogP contribution >= 0.6 is 0 Å². The Balaban J connectivity index is 1.85. The molecule has 2 aliphatic carbocycles. The summed E-state index contributed by atoms with van der Waals surface area (Å²) in [6, 6.07) is 0. The highest BCUT2D eigenvalue weighted by Crippen LogP contribution is 2.59. The first-order valence-corrected chi connectivity index (χ1v) is 6.88. The number of nitrogens with one attached hydrogen (secondary N) is 1. The summed E-state index contributed by atoms with van der Waals surface area (Å²) in [4.78, 5) is 24.3. The number of fused-ring (bicyclic) bond motifs is 1. The zero-order valence-corrected chi connectivity index (χ0v) is 11.3. The van der Waals surface area contributed by atoms with Crippen molar-refractivity contribution in [3.05, 3.63) is 38.1 Å². The molecule has 0 aromatic carbocycles. The summed E-state index contributed by atoms with van der Waals surface area (Å²) in [6.45, 7) is 2.03. The molecule has 1 aromatic heterocycles. The van der Waals surface area contributed by atoms with Crippen molar-refractivity contribution in [3.8, 4) is 0 Å². The lowest BCUT2D eigenvalue weighted by molar-refractivity contribution is -0.506. The van der Waals surface area contributed by atoms with Crippen LogP contribution in [0.1, 0.15) is 32.0 Å². The number of nitro groups is 1. The molecule has 0 aliphatic heterocycles. The fourth-order valence-corrected chi connectivity index (χ4v) is 3.90. The first kappa shape index (κ1) is 13.1. The van der Waals surface area contributed by atoms with Gasteiger partial charge in [0, 0.05) is 16.8 Å². The van der Waals surface area contributed by atoms with Gasteiger partial charge in [-0.15, -0.1) is 0 Å². The highest BCUT2D eigenvalue weighted by Gasteiger charge is 2.58. The van der Waals surface area contributed by atoms with E-state index in [1.54, 1.807) is 0 Å². The third-order valence-corrected chi connectivity index (χ3v) is 4.73. The fraction of sp³-hybridized carbons (Fsp3) is 0.692. The average molecular weight is 279 g/mol. The second-order valence-corrected chi connectivity index (χ2v) is 5.94. The van der Waals surface area contributed by atoms with Crippen LogP contribution in [0.25, 0.3) is 0 Å². The molecule has 0 bridgehead atoms. The van der Waals surface area contributed by atoms with Gasteiger partial charge in [0.1, 0.15) is 0 Å². The van der Waals surface area contributed by atoms with Crippen molar-refractivity contribution >= 4 is 0 Å². The molecule has 1 N–H and O–H groups in total. The largest absolute Gasteiger partial charge is 0.438 e. The third-order valence-electron chi connectivity index (χ3n) is 4.73. The SMILES string of the molecule is CCC1=C[C@@H]2[C@H](C1)C[C@@]2(Cc1noc(=O)[nH]1)C[N+](=O)[O-]. The molecule has 7 heteroatoms. The van der Waals surface area contributed by atoms with Crippen molar-refractivity contribution in [2.75, 3.05) is 6.54 Å². The Morgan fingerprint density at radius 1 is 1.65 bits per heavy atom. The van der Waals surface area contributed by atoms with Crippen molar-refractivity contribution in [1.29, 1.82) is 0 Å². The van der Waals surface area contributed by atoms with E-state index in [1.807, 2.05) is 0 Å². The van der Waals surface area contributed by atoms with E-state index in [4.69, 9.17) is 0 Å². The molecule has 1 heterocycles. The standard InChI is InChI=1S/C13H17N3O4/c1-2-8-3-9-5-13(7-16(18)19,10(9)4-8)6-11-14-12(17)20-15-11/h4,9-10H,2-3,5-7H2,1H3,(H,14,15,17)/t9-,10-,13-/m1/s1. The Bertz CT molecular complexity index is 617. The van der Waals surface area contributed by atoms with Crippen LogP contribution in [0.4, 0.5) is 0 Å². The molecule has 20 heavy (non-hydrogen) atoms. The van der Waals surface area contributed by atoms with Gasteiger partial charge in [-0.2, -0.15) is 0 Å². The van der Waals surface area contributed by atoms with Crippen LogP contribution in [0.15, 0.2) is 21.0 Å². The summed E-state index contributed by atoms with van der Waals surface area (Å²) in [5.74, 6) is 0.545. The third kappa shape index (κ3) is 2.07. The van der Waals surface area contributed by atoms with Crippen molar-refractivity contribution in [2.24, 2.45) is 17.3 Å². The lowest BCUT2D eigenvalue weighted by Crippen LogP contribution is -2.51. The summed E-state index contributed by atoms with van der Waals surface area (Å²) < 4.78 is 4.49. The molecule has 0 spiro atoms. The van der Waals surface area contributed by atoms with Crippen LogP contribution in [0.5, 0.6) is 0 Å². The minimum Gasteiger partial charge on any atom is -0.296 e. The minimum atomic E-state index is -0.608. The quantitative estimate of drug-likeness (QED) is 0.500. The van der Waals surface area contributed by atoms with Crippen LogP contribution in [-0.2, 0) is 6.42 Å². The van der Waals surface area contributed by atoms with Gasteiger partial charge in [0.25, 0.3) is 0 Å². The lowest BCUT2D eigenvalue weighted by atomic mass is 9.53. The second kappa shape index (κ2) is 4.57. The molecule has 1 saturated carbocycles. The topological polar surface area (TPSA) is 102 Å². The number of hydrogen-bond acceptors (Lipinski definition) is 5. The zero-order chi connectivity index (χ0) is 14.3. The Hall–Kier alpha value is -1.92. The van der Waals surface area contributed by atoms with E-state index in [1.165, 1.54) is 5.57 Å². The van der Waals surface area contributed by atoms with Crippen molar-refractivity contribution in [1.82, 2.24) is 10.1 Å². The first-order valence-electron chi connectivity index (χ1n) is 6.88. The summed E-state index contributed by atoms with van der Waals surface area (Å²) >= 11 is 0. The summed E-state index contributed by atoms with van der Waals surface area (Å²) in [5.41, 5.74) is 0.962.